The maximum atomic E-state index is 5.95. The molecule has 2 aromatic heterocycles. The van der Waals surface area contributed by atoms with Crippen molar-refractivity contribution < 1.29 is 0 Å². The molecule has 1 fully saturated rings. The molecule has 7 nitrogen and oxygen atoms in total. The number of nitrogens with zero attached hydrogens (tertiary/aromatic N) is 6. The molecule has 2 aromatic rings. The zero-order valence-corrected chi connectivity index (χ0v) is 12.7. The Balaban J connectivity index is 1.70. The van der Waals surface area contributed by atoms with Gasteiger partial charge in [-0.05, 0) is 29.9 Å². The summed E-state index contributed by atoms with van der Waals surface area (Å²) in [7, 11) is 0. The first-order chi connectivity index (χ1) is 10.2. The van der Waals surface area contributed by atoms with E-state index in [9.17, 15) is 0 Å². The molecule has 0 radical (unpaired) electrons. The minimum atomic E-state index is 0.148. The lowest BCUT2D eigenvalue weighted by atomic mass is 9.80. The molecule has 1 aliphatic carbocycles. The van der Waals surface area contributed by atoms with Crippen molar-refractivity contribution in [2.45, 2.75) is 32.6 Å². The molecule has 0 amide bonds. The highest BCUT2D eigenvalue weighted by Crippen LogP contribution is 2.29. The van der Waals surface area contributed by atoms with Gasteiger partial charge < -0.3 is 5.32 Å². The van der Waals surface area contributed by atoms with Gasteiger partial charge in [-0.1, -0.05) is 26.2 Å². The third kappa shape index (κ3) is 3.47. The van der Waals surface area contributed by atoms with Gasteiger partial charge in [0.05, 0.1) is 0 Å². The third-order valence-corrected chi connectivity index (χ3v) is 4.20. The van der Waals surface area contributed by atoms with E-state index in [0.717, 1.165) is 12.5 Å². The highest BCUT2D eigenvalue weighted by Gasteiger charge is 2.21. The molecule has 0 aliphatic heterocycles. The number of rotatable bonds is 4. The molecule has 2 atom stereocenters. The van der Waals surface area contributed by atoms with Gasteiger partial charge in [-0.25, -0.2) is 4.98 Å². The van der Waals surface area contributed by atoms with Gasteiger partial charge in [0.1, 0.15) is 12.7 Å². The number of aromatic nitrogens is 6. The van der Waals surface area contributed by atoms with Crippen LogP contribution in [-0.2, 0) is 0 Å². The fourth-order valence-electron chi connectivity index (χ4n) is 2.75. The first kappa shape index (κ1) is 14.2. The molecule has 2 unspecified atom stereocenters. The van der Waals surface area contributed by atoms with E-state index in [-0.39, 0.29) is 5.28 Å². The van der Waals surface area contributed by atoms with Crippen molar-refractivity contribution in [3.8, 4) is 5.95 Å². The second-order valence-corrected chi connectivity index (χ2v) is 5.81. The largest absolute Gasteiger partial charge is 0.354 e. The lowest BCUT2D eigenvalue weighted by Crippen LogP contribution is -2.25. The summed E-state index contributed by atoms with van der Waals surface area (Å²) in [6.07, 6.45) is 8.15. The number of anilines is 1. The quantitative estimate of drug-likeness (QED) is 0.933. The third-order valence-electron chi connectivity index (χ3n) is 4.03. The lowest BCUT2D eigenvalue weighted by molar-refractivity contribution is 0.268. The van der Waals surface area contributed by atoms with E-state index in [4.69, 9.17) is 11.6 Å². The van der Waals surface area contributed by atoms with Crippen molar-refractivity contribution in [2.24, 2.45) is 11.8 Å². The van der Waals surface area contributed by atoms with Crippen LogP contribution in [0.5, 0.6) is 0 Å². The molecule has 3 rings (SSSR count). The van der Waals surface area contributed by atoms with Crippen LogP contribution in [0.15, 0.2) is 12.7 Å². The molecule has 8 heteroatoms. The Morgan fingerprint density at radius 2 is 2.14 bits per heavy atom. The predicted octanol–water partition coefficient (Wildman–Crippen LogP) is 2.34. The fraction of sp³-hybridized carbons (Fsp3) is 0.615. The Morgan fingerprint density at radius 3 is 2.90 bits per heavy atom. The summed E-state index contributed by atoms with van der Waals surface area (Å²) in [6.45, 7) is 3.17. The van der Waals surface area contributed by atoms with E-state index in [1.807, 2.05) is 0 Å². The van der Waals surface area contributed by atoms with Crippen molar-refractivity contribution in [2.75, 3.05) is 11.9 Å². The Kier molecular flexibility index (Phi) is 4.28. The van der Waals surface area contributed by atoms with E-state index < -0.39 is 0 Å². The van der Waals surface area contributed by atoms with Crippen molar-refractivity contribution >= 4 is 17.5 Å². The molecule has 0 spiro atoms. The Labute approximate surface area is 128 Å². The van der Waals surface area contributed by atoms with Gasteiger partial charge in [-0.15, -0.1) is 0 Å². The maximum Gasteiger partial charge on any atom is 0.258 e. The summed E-state index contributed by atoms with van der Waals surface area (Å²) in [5, 5.41) is 7.42. The number of nitrogens with one attached hydrogen (secondary N) is 1. The SMILES string of the molecule is CC1CCCCC1CNc1nc(Cl)nc(-n2cncn2)n1. The van der Waals surface area contributed by atoms with Gasteiger partial charge in [0.25, 0.3) is 5.95 Å². The summed E-state index contributed by atoms with van der Waals surface area (Å²) in [5.41, 5.74) is 0. The van der Waals surface area contributed by atoms with Crippen molar-refractivity contribution in [3.63, 3.8) is 0 Å². The van der Waals surface area contributed by atoms with E-state index in [2.05, 4.69) is 37.3 Å². The van der Waals surface area contributed by atoms with Crippen molar-refractivity contribution in [1.29, 1.82) is 0 Å². The normalized spacial score (nSPS) is 22.2. The molecular formula is C13H18ClN7. The minimum Gasteiger partial charge on any atom is -0.354 e. The molecular weight excluding hydrogens is 290 g/mol. The van der Waals surface area contributed by atoms with E-state index in [1.165, 1.54) is 43.0 Å². The van der Waals surface area contributed by atoms with Crippen LogP contribution in [0.2, 0.25) is 5.28 Å². The topological polar surface area (TPSA) is 81.4 Å². The lowest BCUT2D eigenvalue weighted by Gasteiger charge is -2.28. The molecule has 1 saturated carbocycles. The smallest absolute Gasteiger partial charge is 0.258 e. The molecule has 21 heavy (non-hydrogen) atoms. The molecule has 0 aromatic carbocycles. The van der Waals surface area contributed by atoms with Crippen LogP contribution in [0.3, 0.4) is 0 Å². The molecule has 1 aliphatic rings. The number of hydrogen-bond acceptors (Lipinski definition) is 6. The summed E-state index contributed by atoms with van der Waals surface area (Å²) in [6, 6.07) is 0. The number of halogens is 1. The van der Waals surface area contributed by atoms with Crippen LogP contribution in [0.1, 0.15) is 32.6 Å². The van der Waals surface area contributed by atoms with E-state index in [1.54, 1.807) is 0 Å². The molecule has 0 bridgehead atoms. The number of hydrogen-bond donors (Lipinski definition) is 1. The van der Waals surface area contributed by atoms with Crippen molar-refractivity contribution in [1.82, 2.24) is 29.7 Å². The van der Waals surface area contributed by atoms with Crippen LogP contribution < -0.4 is 5.32 Å². The van der Waals surface area contributed by atoms with Gasteiger partial charge in [0, 0.05) is 6.54 Å². The molecule has 0 saturated heterocycles. The average Bonchev–Trinajstić information content (AvgIpc) is 3.00. The van der Waals surface area contributed by atoms with E-state index in [0.29, 0.717) is 17.8 Å². The van der Waals surface area contributed by atoms with Gasteiger partial charge in [-0.3, -0.25) is 0 Å². The zero-order valence-electron chi connectivity index (χ0n) is 11.9. The molecule has 1 N–H and O–H groups in total. The van der Waals surface area contributed by atoms with Crippen LogP contribution >= 0.6 is 11.6 Å². The predicted molar refractivity (Wildman–Crippen MR) is 79.4 cm³/mol. The highest BCUT2D eigenvalue weighted by molar-refractivity contribution is 6.28. The monoisotopic (exact) mass is 307 g/mol. The van der Waals surface area contributed by atoms with Crippen molar-refractivity contribution in [3.05, 3.63) is 17.9 Å². The molecule has 112 valence electrons. The van der Waals surface area contributed by atoms with Crippen LogP contribution in [0.25, 0.3) is 5.95 Å². The van der Waals surface area contributed by atoms with Gasteiger partial charge in [-0.2, -0.15) is 24.7 Å². The molecule has 2 heterocycles. The summed E-state index contributed by atoms with van der Waals surface area (Å²) in [5.74, 6) is 2.24. The minimum absolute atomic E-state index is 0.148. The fourth-order valence-corrected chi connectivity index (χ4v) is 2.91. The van der Waals surface area contributed by atoms with Crippen LogP contribution in [0, 0.1) is 11.8 Å². The van der Waals surface area contributed by atoms with Gasteiger partial charge >= 0.3 is 0 Å². The summed E-state index contributed by atoms with van der Waals surface area (Å²) >= 11 is 5.95. The van der Waals surface area contributed by atoms with Gasteiger partial charge in [0.2, 0.25) is 11.2 Å². The first-order valence-electron chi connectivity index (χ1n) is 7.23. The van der Waals surface area contributed by atoms with Crippen LogP contribution in [0.4, 0.5) is 5.95 Å². The van der Waals surface area contributed by atoms with Gasteiger partial charge in [0.15, 0.2) is 0 Å². The Bertz CT molecular complexity index is 586. The summed E-state index contributed by atoms with van der Waals surface area (Å²) < 4.78 is 1.46. The summed E-state index contributed by atoms with van der Waals surface area (Å²) in [4.78, 5) is 16.4. The first-order valence-corrected chi connectivity index (χ1v) is 7.60. The highest BCUT2D eigenvalue weighted by atomic mass is 35.5. The Morgan fingerprint density at radius 1 is 1.29 bits per heavy atom. The van der Waals surface area contributed by atoms with E-state index >= 15 is 0 Å². The second-order valence-electron chi connectivity index (χ2n) is 5.47. The maximum absolute atomic E-state index is 5.95. The standard InChI is InChI=1S/C13H18ClN7/c1-9-4-2-3-5-10(9)6-16-12-18-11(14)19-13(20-12)21-8-15-7-17-21/h7-10H,2-6H2,1H3,(H,16,18,19,20). The Hall–Kier alpha value is -1.76. The second kappa shape index (κ2) is 6.34. The van der Waals surface area contributed by atoms with Crippen LogP contribution in [-0.4, -0.2) is 36.3 Å². The average molecular weight is 308 g/mol. The zero-order chi connectivity index (χ0) is 14.7.